The number of hydrogen-bond acceptors (Lipinski definition) is 4. The molecule has 0 saturated carbocycles. The molecular formula is C22H22N4O3. The number of ether oxygens (including phenoxy) is 1. The second kappa shape index (κ2) is 7.79. The third kappa shape index (κ3) is 3.85. The molecule has 2 N–H and O–H groups in total. The standard InChI is InChI=1S/C22H22N4O3/c1-14-17(15(2)26(25-14)16-8-4-3-5-9-16)13-23-21(27)12-20-22(28)24-18-10-6-7-11-19(18)29-20/h3-11,20H,12-13H2,1-2H3,(H,23,27)(H,24,28)/t20-/m1/s1. The molecule has 0 radical (unpaired) electrons. The first kappa shape index (κ1) is 18.7. The van der Waals surface area contributed by atoms with E-state index in [-0.39, 0.29) is 18.2 Å². The van der Waals surface area contributed by atoms with Crippen molar-refractivity contribution in [1.82, 2.24) is 15.1 Å². The molecule has 1 aromatic heterocycles. The molecule has 0 aliphatic carbocycles. The summed E-state index contributed by atoms with van der Waals surface area (Å²) in [6.07, 6.45) is -0.899. The van der Waals surface area contributed by atoms with Gasteiger partial charge < -0.3 is 15.4 Å². The molecule has 1 atom stereocenters. The van der Waals surface area contributed by atoms with E-state index in [1.807, 2.05) is 61.0 Å². The third-order valence-electron chi connectivity index (χ3n) is 4.98. The first-order chi connectivity index (χ1) is 14.0. The fraction of sp³-hybridized carbons (Fsp3) is 0.227. The Hall–Kier alpha value is -3.61. The molecule has 4 rings (SSSR count). The lowest BCUT2D eigenvalue weighted by Crippen LogP contribution is -2.40. The number of aromatic nitrogens is 2. The number of carbonyl (C=O) groups is 2. The van der Waals surface area contributed by atoms with Gasteiger partial charge in [-0.1, -0.05) is 30.3 Å². The van der Waals surface area contributed by atoms with Gasteiger partial charge in [0.25, 0.3) is 5.91 Å². The summed E-state index contributed by atoms with van der Waals surface area (Å²) >= 11 is 0. The van der Waals surface area contributed by atoms with Crippen molar-refractivity contribution in [3.05, 3.63) is 71.5 Å². The fourth-order valence-corrected chi connectivity index (χ4v) is 3.41. The molecule has 1 aliphatic rings. The number of amides is 2. The van der Waals surface area contributed by atoms with E-state index in [0.717, 1.165) is 22.6 Å². The van der Waals surface area contributed by atoms with Crippen molar-refractivity contribution in [1.29, 1.82) is 0 Å². The summed E-state index contributed by atoms with van der Waals surface area (Å²) in [4.78, 5) is 24.6. The summed E-state index contributed by atoms with van der Waals surface area (Å²) < 4.78 is 7.55. The van der Waals surface area contributed by atoms with Gasteiger partial charge in [0.1, 0.15) is 5.75 Å². The van der Waals surface area contributed by atoms with Gasteiger partial charge in [0.05, 0.1) is 23.5 Å². The lowest BCUT2D eigenvalue weighted by atomic mass is 10.1. The number of anilines is 1. The van der Waals surface area contributed by atoms with Gasteiger partial charge in [-0.05, 0) is 38.1 Å². The van der Waals surface area contributed by atoms with Gasteiger partial charge >= 0.3 is 0 Å². The maximum Gasteiger partial charge on any atom is 0.266 e. The molecule has 29 heavy (non-hydrogen) atoms. The molecule has 1 aliphatic heterocycles. The Balaban J connectivity index is 1.41. The molecule has 0 bridgehead atoms. The van der Waals surface area contributed by atoms with Crippen LogP contribution in [0.1, 0.15) is 23.4 Å². The van der Waals surface area contributed by atoms with Gasteiger partial charge in [-0.3, -0.25) is 9.59 Å². The van der Waals surface area contributed by atoms with Crippen LogP contribution in [0, 0.1) is 13.8 Å². The molecule has 0 fully saturated rings. The van der Waals surface area contributed by atoms with Crippen molar-refractivity contribution in [2.75, 3.05) is 5.32 Å². The van der Waals surface area contributed by atoms with Crippen LogP contribution in [-0.4, -0.2) is 27.7 Å². The lowest BCUT2D eigenvalue weighted by molar-refractivity contribution is -0.130. The summed E-state index contributed by atoms with van der Waals surface area (Å²) in [5, 5.41) is 10.2. The van der Waals surface area contributed by atoms with Crippen LogP contribution in [-0.2, 0) is 16.1 Å². The number of rotatable bonds is 5. The number of para-hydroxylation sites is 3. The van der Waals surface area contributed by atoms with E-state index in [2.05, 4.69) is 15.7 Å². The summed E-state index contributed by atoms with van der Waals surface area (Å²) in [6.45, 7) is 4.24. The second-order valence-electron chi connectivity index (χ2n) is 6.97. The Bertz CT molecular complexity index is 1060. The van der Waals surface area contributed by atoms with Crippen molar-refractivity contribution in [3.8, 4) is 11.4 Å². The van der Waals surface area contributed by atoms with E-state index in [1.165, 1.54) is 0 Å². The SMILES string of the molecule is Cc1nn(-c2ccccc2)c(C)c1CNC(=O)C[C@H]1Oc2ccccc2NC1=O. The summed E-state index contributed by atoms with van der Waals surface area (Å²) in [6, 6.07) is 17.0. The number of hydrogen-bond donors (Lipinski definition) is 2. The van der Waals surface area contributed by atoms with Crippen LogP contribution in [0.3, 0.4) is 0 Å². The molecule has 2 aromatic carbocycles. The number of aryl methyl sites for hydroxylation is 1. The van der Waals surface area contributed by atoms with Crippen molar-refractivity contribution in [2.45, 2.75) is 32.9 Å². The maximum atomic E-state index is 12.4. The predicted molar refractivity (Wildman–Crippen MR) is 109 cm³/mol. The monoisotopic (exact) mass is 390 g/mol. The van der Waals surface area contributed by atoms with Crippen LogP contribution in [0.15, 0.2) is 54.6 Å². The third-order valence-corrected chi connectivity index (χ3v) is 4.98. The zero-order chi connectivity index (χ0) is 20.4. The quantitative estimate of drug-likeness (QED) is 0.702. The lowest BCUT2D eigenvalue weighted by Gasteiger charge is -2.25. The minimum Gasteiger partial charge on any atom is -0.478 e. The largest absolute Gasteiger partial charge is 0.478 e. The molecule has 0 saturated heterocycles. The highest BCUT2D eigenvalue weighted by Crippen LogP contribution is 2.29. The normalized spacial score (nSPS) is 15.2. The smallest absolute Gasteiger partial charge is 0.266 e. The average Bonchev–Trinajstić information content (AvgIpc) is 3.01. The van der Waals surface area contributed by atoms with E-state index < -0.39 is 6.10 Å². The first-order valence-electron chi connectivity index (χ1n) is 9.46. The van der Waals surface area contributed by atoms with Gasteiger partial charge in [0, 0.05) is 17.8 Å². The van der Waals surface area contributed by atoms with Crippen LogP contribution in [0.25, 0.3) is 5.69 Å². The Morgan fingerprint density at radius 1 is 1.14 bits per heavy atom. The first-order valence-corrected chi connectivity index (χ1v) is 9.46. The number of nitrogens with zero attached hydrogens (tertiary/aromatic N) is 2. The molecule has 0 unspecified atom stereocenters. The number of benzene rings is 2. The zero-order valence-electron chi connectivity index (χ0n) is 16.3. The van der Waals surface area contributed by atoms with Crippen LogP contribution in [0.2, 0.25) is 0 Å². The Morgan fingerprint density at radius 2 is 1.86 bits per heavy atom. The molecular weight excluding hydrogens is 368 g/mol. The highest BCUT2D eigenvalue weighted by Gasteiger charge is 2.29. The van der Waals surface area contributed by atoms with Crippen molar-refractivity contribution in [3.63, 3.8) is 0 Å². The van der Waals surface area contributed by atoms with E-state index in [0.29, 0.717) is 18.0 Å². The maximum absolute atomic E-state index is 12.4. The van der Waals surface area contributed by atoms with E-state index >= 15 is 0 Å². The second-order valence-corrected chi connectivity index (χ2v) is 6.97. The van der Waals surface area contributed by atoms with Crippen LogP contribution >= 0.6 is 0 Å². The zero-order valence-corrected chi connectivity index (χ0v) is 16.3. The molecule has 148 valence electrons. The summed E-state index contributed by atoms with van der Waals surface area (Å²) in [5.74, 6) is -0.000345. The molecule has 3 aromatic rings. The molecule has 2 heterocycles. The minimum atomic E-state index is -0.848. The topological polar surface area (TPSA) is 85.2 Å². The van der Waals surface area contributed by atoms with E-state index in [4.69, 9.17) is 4.74 Å². The predicted octanol–water partition coefficient (Wildman–Crippen LogP) is 2.90. The highest BCUT2D eigenvalue weighted by atomic mass is 16.5. The highest BCUT2D eigenvalue weighted by molar-refractivity contribution is 5.99. The van der Waals surface area contributed by atoms with Gasteiger partial charge in [0.15, 0.2) is 6.10 Å². The molecule has 7 heteroatoms. The molecule has 2 amide bonds. The summed E-state index contributed by atoms with van der Waals surface area (Å²) in [5.41, 5.74) is 4.37. The molecule has 7 nitrogen and oxygen atoms in total. The van der Waals surface area contributed by atoms with Crippen LogP contribution < -0.4 is 15.4 Å². The minimum absolute atomic E-state index is 0.0505. The average molecular weight is 390 g/mol. The van der Waals surface area contributed by atoms with Gasteiger partial charge in [-0.15, -0.1) is 0 Å². The number of carbonyl (C=O) groups excluding carboxylic acids is 2. The summed E-state index contributed by atoms with van der Waals surface area (Å²) in [7, 11) is 0. The fourth-order valence-electron chi connectivity index (χ4n) is 3.41. The van der Waals surface area contributed by atoms with Crippen LogP contribution in [0.4, 0.5) is 5.69 Å². The van der Waals surface area contributed by atoms with E-state index in [1.54, 1.807) is 12.1 Å². The number of fused-ring (bicyclic) bond motifs is 1. The van der Waals surface area contributed by atoms with Crippen LogP contribution in [0.5, 0.6) is 5.75 Å². The Labute approximate surface area is 168 Å². The van der Waals surface area contributed by atoms with Gasteiger partial charge in [-0.25, -0.2) is 4.68 Å². The van der Waals surface area contributed by atoms with E-state index in [9.17, 15) is 9.59 Å². The van der Waals surface area contributed by atoms with Gasteiger partial charge in [0.2, 0.25) is 5.91 Å². The van der Waals surface area contributed by atoms with Crippen molar-refractivity contribution >= 4 is 17.5 Å². The number of nitrogens with one attached hydrogen (secondary N) is 2. The van der Waals surface area contributed by atoms with Crippen molar-refractivity contribution < 1.29 is 14.3 Å². The Kier molecular flexibility index (Phi) is 5.03. The Morgan fingerprint density at radius 3 is 2.66 bits per heavy atom. The van der Waals surface area contributed by atoms with Crippen molar-refractivity contribution in [2.24, 2.45) is 0 Å². The van der Waals surface area contributed by atoms with Gasteiger partial charge in [-0.2, -0.15) is 5.10 Å². The molecule has 0 spiro atoms.